The maximum absolute atomic E-state index is 12.8. The summed E-state index contributed by atoms with van der Waals surface area (Å²) in [5.74, 6) is 0.216. The first kappa shape index (κ1) is 26.2. The Kier molecular flexibility index (Phi) is 7.49. The van der Waals surface area contributed by atoms with Crippen LogP contribution in [0.25, 0.3) is 22.3 Å². The van der Waals surface area contributed by atoms with Gasteiger partial charge >= 0.3 is 11.9 Å². The van der Waals surface area contributed by atoms with Crippen LogP contribution in [0.15, 0.2) is 36.7 Å². The van der Waals surface area contributed by atoms with E-state index in [1.807, 2.05) is 45.0 Å². The summed E-state index contributed by atoms with van der Waals surface area (Å²) >= 11 is 0. The lowest BCUT2D eigenvalue weighted by molar-refractivity contribution is -0.483. The molecule has 194 valence electrons. The highest BCUT2D eigenvalue weighted by Gasteiger charge is 2.33. The van der Waals surface area contributed by atoms with Gasteiger partial charge in [0.25, 0.3) is 5.91 Å². The Balaban J connectivity index is 1.74. The maximum Gasteiger partial charge on any atom is 0.410 e. The molecule has 1 aliphatic heterocycles. The number of piperidine rings is 1. The minimum absolute atomic E-state index is 0.114. The van der Waals surface area contributed by atoms with Crippen LogP contribution in [0.4, 0.5) is 10.6 Å². The number of hydrogen-bond donors (Lipinski definition) is 2. The second kappa shape index (κ2) is 10.6. The maximum atomic E-state index is 12.8. The van der Waals surface area contributed by atoms with Crippen molar-refractivity contribution in [2.24, 2.45) is 5.73 Å². The number of carbonyl (C=O) groups excluding carboxylic acids is 2. The van der Waals surface area contributed by atoms with Crippen LogP contribution in [-0.2, 0) is 11.3 Å². The highest BCUT2D eigenvalue weighted by molar-refractivity contribution is 6.06. The molecule has 37 heavy (non-hydrogen) atoms. The average Bonchev–Trinajstić information content (AvgIpc) is 2.90. The molecular formula is C27H34N7O3+. The van der Waals surface area contributed by atoms with Gasteiger partial charge in [-0.25, -0.2) is 19.3 Å². The van der Waals surface area contributed by atoms with Gasteiger partial charge in [-0.05, 0) is 50.2 Å². The number of amides is 2. The summed E-state index contributed by atoms with van der Waals surface area (Å²) in [6, 6.07) is 9.34. The van der Waals surface area contributed by atoms with Gasteiger partial charge in [-0.15, -0.1) is 0 Å². The number of pyridine rings is 1. The highest BCUT2D eigenvalue weighted by atomic mass is 16.6. The van der Waals surface area contributed by atoms with Crippen LogP contribution >= 0.6 is 0 Å². The number of ether oxygens (including phenoxy) is 1. The topological polar surface area (TPSA) is 126 Å². The lowest BCUT2D eigenvalue weighted by Crippen LogP contribution is -2.47. The van der Waals surface area contributed by atoms with E-state index in [1.54, 1.807) is 22.6 Å². The van der Waals surface area contributed by atoms with E-state index >= 15 is 0 Å². The Hall–Kier alpha value is -3.92. The van der Waals surface area contributed by atoms with Crippen LogP contribution < -0.4 is 11.1 Å². The largest absolute Gasteiger partial charge is 0.444 e. The molecule has 4 rings (SSSR count). The minimum atomic E-state index is -0.573. The van der Waals surface area contributed by atoms with E-state index in [0.717, 1.165) is 24.0 Å². The van der Waals surface area contributed by atoms with E-state index in [9.17, 15) is 9.59 Å². The fourth-order valence-electron chi connectivity index (χ4n) is 4.38. The number of carbonyl (C=O) groups is 2. The van der Waals surface area contributed by atoms with Crippen molar-refractivity contribution in [1.82, 2.24) is 25.2 Å². The molecule has 1 aliphatic rings. The molecule has 10 nitrogen and oxygen atoms in total. The van der Waals surface area contributed by atoms with Crippen LogP contribution in [0, 0.1) is 0 Å². The fourth-order valence-corrected chi connectivity index (χ4v) is 4.38. The molecule has 3 aromatic rings. The smallest absolute Gasteiger partial charge is 0.410 e. The molecule has 0 bridgehead atoms. The van der Waals surface area contributed by atoms with Crippen molar-refractivity contribution in [2.45, 2.75) is 51.8 Å². The van der Waals surface area contributed by atoms with Crippen LogP contribution in [0.1, 0.15) is 49.5 Å². The third kappa shape index (κ3) is 5.75. The second-order valence-electron chi connectivity index (χ2n) is 10.1. The molecule has 3 N–H and O–H groups in total. The van der Waals surface area contributed by atoms with E-state index in [0.29, 0.717) is 47.7 Å². The molecule has 0 aliphatic carbocycles. The number of fused-ring (bicyclic) bond motifs is 1. The van der Waals surface area contributed by atoms with E-state index in [2.05, 4.69) is 22.0 Å². The van der Waals surface area contributed by atoms with Gasteiger partial charge in [0.05, 0.1) is 24.5 Å². The van der Waals surface area contributed by atoms with Gasteiger partial charge in [-0.3, -0.25) is 4.79 Å². The van der Waals surface area contributed by atoms with Gasteiger partial charge in [-0.2, -0.15) is 0 Å². The second-order valence-corrected chi connectivity index (χ2v) is 10.1. The SMILES string of the molecule is C=[N+](c1ncnc2c(C(=O)NC)cc(-c3ccc(CN)cc3)nc12)[C@H]1CCCN(C(=O)OC(C)(C)C)C1. The van der Waals surface area contributed by atoms with Crippen molar-refractivity contribution in [1.29, 1.82) is 0 Å². The van der Waals surface area contributed by atoms with Crippen molar-refractivity contribution in [2.75, 3.05) is 20.1 Å². The van der Waals surface area contributed by atoms with E-state index < -0.39 is 5.60 Å². The number of likely N-dealkylation sites (tertiary alicyclic amines) is 1. The molecule has 2 amide bonds. The zero-order valence-corrected chi connectivity index (χ0v) is 21.8. The Labute approximate surface area is 216 Å². The molecule has 0 radical (unpaired) electrons. The number of rotatable bonds is 5. The summed E-state index contributed by atoms with van der Waals surface area (Å²) in [7, 11) is 1.58. The van der Waals surface area contributed by atoms with Gasteiger partial charge in [0.1, 0.15) is 17.2 Å². The first-order chi connectivity index (χ1) is 17.6. The molecule has 0 unspecified atom stereocenters. The van der Waals surface area contributed by atoms with Gasteiger partial charge < -0.3 is 20.7 Å². The zero-order valence-electron chi connectivity index (χ0n) is 21.8. The summed E-state index contributed by atoms with van der Waals surface area (Å²) < 4.78 is 7.35. The van der Waals surface area contributed by atoms with E-state index in [-0.39, 0.29) is 18.0 Å². The average molecular weight is 505 g/mol. The van der Waals surface area contributed by atoms with Crippen molar-refractivity contribution in [3.63, 3.8) is 0 Å². The molecule has 0 saturated carbocycles. The normalized spacial score (nSPS) is 15.9. The molecule has 1 aromatic carbocycles. The Morgan fingerprint density at radius 3 is 2.59 bits per heavy atom. The molecule has 1 saturated heterocycles. The standard InChI is InChI=1S/C27H33N7O3/c1-27(2,3)37-26(36)34-12-6-7-19(15-34)33(5)24-23-22(30-16-31-24)20(25(35)29-4)13-21(32-23)18-10-8-17(14-28)9-11-18/h8-11,13,16,19H,5-7,12,14-15,28H2,1-4H3/p+1/t19-/m0/s1. The molecule has 1 fully saturated rings. The van der Waals surface area contributed by atoms with Gasteiger partial charge in [0.15, 0.2) is 5.52 Å². The predicted octanol–water partition coefficient (Wildman–Crippen LogP) is 3.25. The van der Waals surface area contributed by atoms with Crippen LogP contribution in [-0.4, -0.2) is 74.9 Å². The molecular weight excluding hydrogens is 470 g/mol. The Bertz CT molecular complexity index is 1330. The summed E-state index contributed by atoms with van der Waals surface area (Å²) in [6.07, 6.45) is 2.68. The van der Waals surface area contributed by atoms with E-state index in [4.69, 9.17) is 15.5 Å². The lowest BCUT2D eigenvalue weighted by Gasteiger charge is -2.33. The van der Waals surface area contributed by atoms with Crippen molar-refractivity contribution < 1.29 is 18.9 Å². The molecule has 0 spiro atoms. The summed E-state index contributed by atoms with van der Waals surface area (Å²) in [5, 5.41) is 2.69. The van der Waals surface area contributed by atoms with Gasteiger partial charge in [0, 0.05) is 25.7 Å². The van der Waals surface area contributed by atoms with Crippen LogP contribution in [0.3, 0.4) is 0 Å². The summed E-state index contributed by atoms with van der Waals surface area (Å²) in [4.78, 5) is 41.0. The Morgan fingerprint density at radius 2 is 1.95 bits per heavy atom. The monoisotopic (exact) mass is 504 g/mol. The predicted molar refractivity (Wildman–Crippen MR) is 142 cm³/mol. The van der Waals surface area contributed by atoms with E-state index in [1.165, 1.54) is 6.33 Å². The zero-order chi connectivity index (χ0) is 26.7. The number of benzene rings is 1. The Morgan fingerprint density at radius 1 is 1.22 bits per heavy atom. The van der Waals surface area contributed by atoms with Gasteiger partial charge in [-0.1, -0.05) is 24.3 Å². The van der Waals surface area contributed by atoms with Crippen LogP contribution in [0.5, 0.6) is 0 Å². The molecule has 3 heterocycles. The van der Waals surface area contributed by atoms with Crippen molar-refractivity contribution in [3.05, 3.63) is 47.8 Å². The number of aromatic nitrogens is 3. The van der Waals surface area contributed by atoms with Gasteiger partial charge in [0.2, 0.25) is 6.33 Å². The summed E-state index contributed by atoms with van der Waals surface area (Å²) in [6.45, 7) is 11.3. The lowest BCUT2D eigenvalue weighted by atomic mass is 10.0. The first-order valence-electron chi connectivity index (χ1n) is 12.4. The molecule has 10 heteroatoms. The quantitative estimate of drug-likeness (QED) is 0.403. The third-order valence-electron chi connectivity index (χ3n) is 6.29. The number of nitrogens with zero attached hydrogens (tertiary/aromatic N) is 5. The number of hydrogen-bond acceptors (Lipinski definition) is 7. The summed E-state index contributed by atoms with van der Waals surface area (Å²) in [5.41, 5.74) is 8.90. The van der Waals surface area contributed by atoms with Crippen molar-refractivity contribution >= 4 is 35.6 Å². The minimum Gasteiger partial charge on any atom is -0.444 e. The molecule has 2 aromatic heterocycles. The first-order valence-corrected chi connectivity index (χ1v) is 12.4. The fraction of sp³-hybridized carbons (Fsp3) is 0.407. The number of nitrogens with two attached hydrogens (primary N) is 1. The number of nitrogens with one attached hydrogen (secondary N) is 1. The molecule has 1 atom stereocenters. The highest BCUT2D eigenvalue weighted by Crippen LogP contribution is 2.30. The van der Waals surface area contributed by atoms with Crippen LogP contribution in [0.2, 0.25) is 0 Å². The third-order valence-corrected chi connectivity index (χ3v) is 6.29. The van der Waals surface area contributed by atoms with Crippen molar-refractivity contribution in [3.8, 4) is 11.3 Å².